The number of ether oxygens (including phenoxy) is 1. The van der Waals surface area contributed by atoms with Crippen LogP contribution in [0.2, 0.25) is 0 Å². The number of benzene rings is 6. The second-order valence-electron chi connectivity index (χ2n) is 17.2. The predicted octanol–water partition coefficient (Wildman–Crippen LogP) is 7.39. The first kappa shape index (κ1) is 54.0. The molecule has 0 amide bonds. The van der Waals surface area contributed by atoms with Gasteiger partial charge < -0.3 is 50.4 Å². The van der Waals surface area contributed by atoms with Gasteiger partial charge in [-0.25, -0.2) is 14.8 Å². The summed E-state index contributed by atoms with van der Waals surface area (Å²) < 4.78 is 5.72. The number of aliphatic carboxylic acids is 3. The first-order valence-electron chi connectivity index (χ1n) is 23.7. The average molecular weight is 981 g/mol. The van der Waals surface area contributed by atoms with Crippen LogP contribution in [0, 0.1) is 0 Å². The third-order valence-corrected chi connectivity index (χ3v) is 11.8. The molecule has 0 saturated carbocycles. The quantitative estimate of drug-likeness (QED) is 0.0183. The van der Waals surface area contributed by atoms with Gasteiger partial charge >= 0.3 is 47.5 Å². The molecule has 0 atom stereocenters. The Balaban J connectivity index is 0.000000232. The Morgan fingerprint density at radius 2 is 1.07 bits per heavy atom. The van der Waals surface area contributed by atoms with Gasteiger partial charge in [-0.1, -0.05) is 79.7 Å². The van der Waals surface area contributed by atoms with Gasteiger partial charge in [0.05, 0.1) is 39.0 Å². The number of pyridine rings is 2. The van der Waals surface area contributed by atoms with Crippen molar-refractivity contribution in [3.63, 3.8) is 0 Å². The number of nitrogens with one attached hydrogen (secondary N) is 2. The fraction of sp³-hybridized carbons (Fsp3) is 0.250. The van der Waals surface area contributed by atoms with Crippen molar-refractivity contribution in [3.8, 4) is 0 Å². The van der Waals surface area contributed by atoms with Crippen LogP contribution in [-0.2, 0) is 25.5 Å². The number of aromatic nitrogens is 2. The van der Waals surface area contributed by atoms with Gasteiger partial charge in [-0.3, -0.25) is 9.59 Å². The number of nitrogens with zero attached hydrogens (tertiary/aromatic N) is 4. The minimum Gasteiger partial charge on any atom is -0.550 e. The van der Waals surface area contributed by atoms with Crippen LogP contribution >= 0.6 is 0 Å². The van der Waals surface area contributed by atoms with Gasteiger partial charge in [0.15, 0.2) is 0 Å². The summed E-state index contributed by atoms with van der Waals surface area (Å²) >= 11 is 0. The molecule has 0 fully saturated rings. The summed E-state index contributed by atoms with van der Waals surface area (Å²) in [7, 11) is 1.94. The minimum absolute atomic E-state index is 0. The van der Waals surface area contributed by atoms with Gasteiger partial charge in [0, 0.05) is 89.8 Å². The van der Waals surface area contributed by atoms with Crippen molar-refractivity contribution in [1.29, 1.82) is 0 Å². The zero-order valence-electron chi connectivity index (χ0n) is 40.8. The largest absolute Gasteiger partial charge is 1.00 e. The number of aryl methyl sites for hydroxylation is 1. The number of hydrogen-bond donors (Lipinski definition) is 5. The molecule has 16 heteroatoms. The number of anilines is 6. The molecule has 0 unspecified atom stereocenters. The van der Waals surface area contributed by atoms with Crippen LogP contribution in [0.15, 0.2) is 133 Å². The van der Waals surface area contributed by atoms with E-state index in [2.05, 4.69) is 22.8 Å². The van der Waals surface area contributed by atoms with E-state index >= 15 is 0 Å². The number of rotatable bonds is 23. The van der Waals surface area contributed by atoms with Crippen LogP contribution in [0.25, 0.3) is 43.6 Å². The molecule has 2 aromatic heterocycles. The number of hydrogen-bond acceptors (Lipinski definition) is 12. The zero-order valence-corrected chi connectivity index (χ0v) is 42.8. The van der Waals surface area contributed by atoms with Crippen LogP contribution in [0.5, 0.6) is 0 Å². The summed E-state index contributed by atoms with van der Waals surface area (Å²) in [5.74, 6) is -3.80. The van der Waals surface area contributed by atoms with Crippen molar-refractivity contribution < 1.29 is 73.9 Å². The molecule has 0 aliphatic carbocycles. The third kappa shape index (κ3) is 14.6. The van der Waals surface area contributed by atoms with E-state index in [1.54, 1.807) is 12.1 Å². The number of carbonyl (C=O) groups excluding carboxylic acids is 1. The zero-order chi connectivity index (χ0) is 50.3. The Morgan fingerprint density at radius 3 is 1.56 bits per heavy atom. The van der Waals surface area contributed by atoms with Crippen molar-refractivity contribution in [1.82, 2.24) is 9.97 Å². The van der Waals surface area contributed by atoms with Crippen LogP contribution in [0.3, 0.4) is 0 Å². The van der Waals surface area contributed by atoms with E-state index < -0.39 is 23.9 Å². The molecule has 0 bridgehead atoms. The summed E-state index contributed by atoms with van der Waals surface area (Å²) in [5, 5.41) is 49.7. The minimum atomic E-state index is -1.12. The van der Waals surface area contributed by atoms with Gasteiger partial charge in [-0.15, -0.1) is 0 Å². The molecule has 6 aromatic carbocycles. The summed E-state index contributed by atoms with van der Waals surface area (Å²) in [6.07, 6.45) is 3.02. The van der Waals surface area contributed by atoms with E-state index in [0.717, 1.165) is 78.3 Å². The molecule has 15 nitrogen and oxygen atoms in total. The molecule has 8 rings (SSSR count). The molecule has 0 aliphatic rings. The second kappa shape index (κ2) is 26.2. The van der Waals surface area contributed by atoms with E-state index in [1.165, 1.54) is 0 Å². The summed E-state index contributed by atoms with van der Waals surface area (Å²) in [6, 6.07) is 42.8. The van der Waals surface area contributed by atoms with Crippen molar-refractivity contribution >= 4 is 102 Å². The number of carboxylic acids is 4. The summed E-state index contributed by atoms with van der Waals surface area (Å²) in [4.78, 5) is 58.3. The van der Waals surface area contributed by atoms with Crippen LogP contribution in [0.1, 0.15) is 67.8 Å². The van der Waals surface area contributed by atoms with Crippen molar-refractivity contribution in [2.75, 3.05) is 53.9 Å². The van der Waals surface area contributed by atoms with Crippen molar-refractivity contribution in [2.45, 2.75) is 58.3 Å². The smallest absolute Gasteiger partial charge is 0.550 e. The van der Waals surface area contributed by atoms with E-state index in [4.69, 9.17) is 24.9 Å². The van der Waals surface area contributed by atoms with E-state index in [9.17, 15) is 29.4 Å². The van der Waals surface area contributed by atoms with Crippen LogP contribution in [-0.4, -0.2) is 82.6 Å². The van der Waals surface area contributed by atoms with E-state index in [0.29, 0.717) is 56.8 Å². The monoisotopic (exact) mass is 980 g/mol. The van der Waals surface area contributed by atoms with Gasteiger partial charge in [0.1, 0.15) is 6.73 Å². The van der Waals surface area contributed by atoms with Gasteiger partial charge in [-0.05, 0) is 105 Å². The number of carboxylic acid groups (broad SMARTS) is 4. The topological polar surface area (TPSA) is 218 Å². The van der Waals surface area contributed by atoms with Crippen LogP contribution < -0.4 is 55.1 Å². The predicted molar refractivity (Wildman–Crippen MR) is 278 cm³/mol. The van der Waals surface area contributed by atoms with E-state index in [-0.39, 0.29) is 61.1 Å². The third-order valence-electron chi connectivity index (χ3n) is 11.8. The van der Waals surface area contributed by atoms with Gasteiger partial charge in [0.25, 0.3) is 0 Å². The Bertz CT molecular complexity index is 3080. The molecule has 0 aliphatic heterocycles. The molecule has 0 saturated heterocycles. The molecular weight excluding hydrogens is 924 g/mol. The summed E-state index contributed by atoms with van der Waals surface area (Å²) in [5.41, 5.74) is 9.43. The fourth-order valence-corrected chi connectivity index (χ4v) is 8.38. The molecular formula is C56H57N6NaO9. The van der Waals surface area contributed by atoms with Crippen molar-refractivity contribution in [3.05, 3.63) is 145 Å². The average Bonchev–Trinajstić information content (AvgIpc) is 3.35. The Hall–Kier alpha value is -7.30. The number of aromatic carboxylic acids is 1. The second-order valence-corrected chi connectivity index (χ2v) is 17.2. The van der Waals surface area contributed by atoms with Gasteiger partial charge in [0.2, 0.25) is 0 Å². The fourth-order valence-electron chi connectivity index (χ4n) is 8.38. The molecule has 5 N–H and O–H groups in total. The molecule has 2 heterocycles. The molecule has 8 aromatic rings. The molecule has 366 valence electrons. The summed E-state index contributed by atoms with van der Waals surface area (Å²) in [6.45, 7) is 3.73. The maximum absolute atomic E-state index is 12.0. The Labute approximate surface area is 439 Å². The number of fused-ring (bicyclic) bond motifs is 4. The standard InChI is InChI=1S/C28H29N3O5.C28H29N3O4.Na/c1-2-14-36-18-31(13-7-12-26(32)33)21-16-19(28(34)35)15-20(17-21)29-27-22-8-3-5-10-24(22)30-25-11-6-4-9-23(25)27;1-31(15-7-14-27(34)35)21-17-19(8-6-13-26(32)33)16-20(18-21)29-28-22-9-2-4-11-24(22)30-25-12-5-3-10-23(25)28;/h3-6,8-11,15-17H,2,7,12-14,18H2,1H3,(H,29,30)(H,32,33)(H,34,35);2-5,9-12,16-18H,6-8,13-15H2,1H3,(H,29,30)(H,32,33)(H,34,35);/q;;+1/p-1. The van der Waals surface area contributed by atoms with Crippen LogP contribution in [0.4, 0.5) is 34.1 Å². The maximum Gasteiger partial charge on any atom is 1.00 e. The van der Waals surface area contributed by atoms with E-state index in [1.807, 2.05) is 133 Å². The molecule has 0 radical (unpaired) electrons. The maximum atomic E-state index is 12.0. The Kier molecular flexibility index (Phi) is 19.7. The normalized spacial score (nSPS) is 10.9. The number of carbonyl (C=O) groups is 4. The number of para-hydroxylation sites is 4. The SMILES string of the molecule is CCCOCN(CCCC(=O)[O-])c1cc(Nc2c3ccccc3nc3ccccc23)cc(C(=O)O)c1.CN(CCCC(=O)O)c1cc(CCCC(=O)O)cc(Nc2c3ccccc3nc3ccccc23)c1.[Na+]. The Morgan fingerprint density at radius 1 is 0.597 bits per heavy atom. The molecule has 0 spiro atoms. The molecule has 72 heavy (non-hydrogen) atoms. The van der Waals surface area contributed by atoms with Gasteiger partial charge in [-0.2, -0.15) is 0 Å². The van der Waals surface area contributed by atoms with Crippen molar-refractivity contribution in [2.24, 2.45) is 0 Å². The first-order valence-corrected chi connectivity index (χ1v) is 23.7. The first-order chi connectivity index (χ1) is 34.4.